The normalized spacial score (nSPS) is 11.0. The van der Waals surface area contributed by atoms with E-state index in [-0.39, 0.29) is 5.56 Å². The van der Waals surface area contributed by atoms with Crippen LogP contribution in [0.3, 0.4) is 0 Å². The van der Waals surface area contributed by atoms with Gasteiger partial charge in [0.1, 0.15) is 18.9 Å². The van der Waals surface area contributed by atoms with E-state index in [1.165, 1.54) is 37.9 Å². The van der Waals surface area contributed by atoms with Crippen LogP contribution < -0.4 is 9.67 Å². The van der Waals surface area contributed by atoms with Crippen molar-refractivity contribution in [1.82, 2.24) is 4.57 Å². The van der Waals surface area contributed by atoms with Crippen LogP contribution in [0.15, 0.2) is 36.7 Å². The van der Waals surface area contributed by atoms with Crippen molar-refractivity contribution in [1.29, 1.82) is 0 Å². The zero-order valence-electron chi connectivity index (χ0n) is 15.5. The minimum Gasteiger partial charge on any atom is -0.545 e. The Kier molecular flexibility index (Phi) is 7.71. The lowest BCUT2D eigenvalue weighted by molar-refractivity contribution is -0.695. The van der Waals surface area contributed by atoms with Gasteiger partial charge in [-0.2, -0.15) is 0 Å². The van der Waals surface area contributed by atoms with Crippen LogP contribution in [0.1, 0.15) is 74.1 Å². The molecule has 2 rings (SSSR count). The van der Waals surface area contributed by atoms with E-state index in [0.717, 1.165) is 31.5 Å². The first-order valence-electron chi connectivity index (χ1n) is 9.53. The molecule has 1 aromatic carbocycles. The predicted octanol–water partition coefficient (Wildman–Crippen LogP) is 3.11. The van der Waals surface area contributed by atoms with Crippen LogP contribution in [0.5, 0.6) is 0 Å². The lowest BCUT2D eigenvalue weighted by Crippen LogP contribution is -2.38. The molecular formula is C21H30N2O2. The fourth-order valence-corrected chi connectivity index (χ4v) is 3.20. The van der Waals surface area contributed by atoms with Gasteiger partial charge in [0.05, 0.1) is 12.5 Å². The monoisotopic (exact) mass is 342 g/mol. The quantitative estimate of drug-likeness (QED) is 0.465. The number of aryl methyl sites for hydroxylation is 1. The van der Waals surface area contributed by atoms with Crippen molar-refractivity contribution in [3.05, 3.63) is 53.6 Å². The number of hydrogen-bond donors (Lipinski definition) is 0. The second-order valence-corrected chi connectivity index (χ2v) is 6.68. The first-order valence-corrected chi connectivity index (χ1v) is 9.53. The van der Waals surface area contributed by atoms with E-state index in [9.17, 15) is 9.90 Å². The number of aromatic carboxylic acids is 1. The maximum Gasteiger partial charge on any atom is 0.256 e. The smallest absolute Gasteiger partial charge is 0.256 e. The first kappa shape index (κ1) is 19.2. The molecule has 1 aromatic heterocycles. The highest BCUT2D eigenvalue weighted by Gasteiger charge is 2.16. The topological polar surface area (TPSA) is 48.9 Å². The Balaban J connectivity index is 2.06. The first-order chi connectivity index (χ1) is 12.2. The molecule has 1 heterocycles. The Hall–Kier alpha value is -2.10. The summed E-state index contributed by atoms with van der Waals surface area (Å²) < 4.78 is 4.65. The molecular weight excluding hydrogens is 312 g/mol. The van der Waals surface area contributed by atoms with Gasteiger partial charge in [-0.1, -0.05) is 63.8 Å². The van der Waals surface area contributed by atoms with Crippen molar-refractivity contribution < 1.29 is 14.5 Å². The number of aromatic nitrogens is 2. The largest absolute Gasteiger partial charge is 0.545 e. The molecule has 0 aliphatic carbocycles. The third-order valence-electron chi connectivity index (χ3n) is 4.60. The van der Waals surface area contributed by atoms with Gasteiger partial charge in [-0.05, 0) is 24.0 Å². The number of carbonyl (C=O) groups is 1. The van der Waals surface area contributed by atoms with Gasteiger partial charge < -0.3 is 9.90 Å². The molecule has 0 spiro atoms. The zero-order valence-corrected chi connectivity index (χ0v) is 15.5. The van der Waals surface area contributed by atoms with Crippen LogP contribution in [0.2, 0.25) is 0 Å². The van der Waals surface area contributed by atoms with Crippen LogP contribution >= 0.6 is 0 Å². The van der Waals surface area contributed by atoms with Crippen LogP contribution in [0, 0.1) is 0 Å². The molecule has 136 valence electrons. The molecule has 0 aliphatic rings. The third kappa shape index (κ3) is 5.73. The van der Waals surface area contributed by atoms with Gasteiger partial charge >= 0.3 is 0 Å². The van der Waals surface area contributed by atoms with Crippen molar-refractivity contribution >= 4 is 5.97 Å². The minimum atomic E-state index is -1.12. The molecule has 0 saturated heterocycles. The Morgan fingerprint density at radius 3 is 2.40 bits per heavy atom. The summed E-state index contributed by atoms with van der Waals surface area (Å²) in [6.07, 6.45) is 12.9. The van der Waals surface area contributed by atoms with Crippen molar-refractivity contribution in [2.75, 3.05) is 0 Å². The van der Waals surface area contributed by atoms with Gasteiger partial charge in [0.25, 0.3) is 5.82 Å². The Bertz CT molecular complexity index is 659. The second kappa shape index (κ2) is 10.0. The summed E-state index contributed by atoms with van der Waals surface area (Å²) in [5.41, 5.74) is 1.34. The Labute approximate surface area is 151 Å². The van der Waals surface area contributed by atoms with E-state index in [2.05, 4.69) is 35.4 Å². The number of carboxylic acid groups (broad SMARTS) is 1. The molecule has 0 atom stereocenters. The van der Waals surface area contributed by atoms with Crippen molar-refractivity contribution in [3.8, 4) is 0 Å². The SMILES string of the molecule is CCCCCCCc1n(CCC)cc[n+]1Cc1ccc(C(=O)[O-])cc1. The number of carbonyl (C=O) groups excluding carboxylic acids is 1. The van der Waals surface area contributed by atoms with Crippen LogP contribution in [0.25, 0.3) is 0 Å². The average Bonchev–Trinajstić information content (AvgIpc) is 2.97. The molecule has 4 heteroatoms. The lowest BCUT2D eigenvalue weighted by Gasteiger charge is -2.07. The number of carboxylic acids is 1. The molecule has 4 nitrogen and oxygen atoms in total. The van der Waals surface area contributed by atoms with E-state index < -0.39 is 5.97 Å². The summed E-state index contributed by atoms with van der Waals surface area (Å²) in [6, 6.07) is 7.00. The Morgan fingerprint density at radius 2 is 1.76 bits per heavy atom. The number of hydrogen-bond acceptors (Lipinski definition) is 2. The third-order valence-corrected chi connectivity index (χ3v) is 4.60. The van der Waals surface area contributed by atoms with Gasteiger partial charge in [-0.3, -0.25) is 0 Å². The molecule has 25 heavy (non-hydrogen) atoms. The molecule has 2 aromatic rings. The highest BCUT2D eigenvalue weighted by Crippen LogP contribution is 2.09. The summed E-state index contributed by atoms with van der Waals surface area (Å²) in [4.78, 5) is 10.9. The highest BCUT2D eigenvalue weighted by atomic mass is 16.4. The van der Waals surface area contributed by atoms with Crippen molar-refractivity contribution in [3.63, 3.8) is 0 Å². The number of unbranched alkanes of at least 4 members (excludes halogenated alkanes) is 4. The highest BCUT2D eigenvalue weighted by molar-refractivity contribution is 5.85. The fourth-order valence-electron chi connectivity index (χ4n) is 3.20. The molecule has 0 aliphatic heterocycles. The van der Waals surface area contributed by atoms with Gasteiger partial charge in [0.15, 0.2) is 0 Å². The van der Waals surface area contributed by atoms with E-state index in [0.29, 0.717) is 0 Å². The molecule has 0 radical (unpaired) electrons. The lowest BCUT2D eigenvalue weighted by atomic mass is 10.1. The van der Waals surface area contributed by atoms with E-state index in [1.54, 1.807) is 12.1 Å². The Morgan fingerprint density at radius 1 is 1.04 bits per heavy atom. The van der Waals surface area contributed by atoms with Gasteiger partial charge in [-0.25, -0.2) is 9.13 Å². The summed E-state index contributed by atoms with van der Waals surface area (Å²) in [6.45, 7) is 6.26. The van der Waals surface area contributed by atoms with Crippen LogP contribution in [-0.4, -0.2) is 10.5 Å². The maximum absolute atomic E-state index is 10.9. The maximum atomic E-state index is 10.9. The predicted molar refractivity (Wildman–Crippen MR) is 97.3 cm³/mol. The van der Waals surface area contributed by atoms with Crippen LogP contribution in [-0.2, 0) is 19.5 Å². The molecule has 0 saturated carbocycles. The molecule has 0 fully saturated rings. The summed E-state index contributed by atoms with van der Waals surface area (Å²) in [7, 11) is 0. The summed E-state index contributed by atoms with van der Waals surface area (Å²) >= 11 is 0. The number of nitrogens with zero attached hydrogens (tertiary/aromatic N) is 2. The number of imidazole rings is 1. The summed E-state index contributed by atoms with van der Waals surface area (Å²) in [5, 5.41) is 10.9. The molecule has 0 unspecified atom stereocenters. The number of rotatable bonds is 11. The standard InChI is InChI=1S/C21H30N2O2/c1-3-5-6-7-8-9-20-22(14-4-2)15-16-23(20)17-18-10-12-19(13-11-18)21(24)25/h10-13,15-16H,3-9,14,17H2,1-2H3. The van der Waals surface area contributed by atoms with E-state index >= 15 is 0 Å². The van der Waals surface area contributed by atoms with Crippen molar-refractivity contribution in [2.24, 2.45) is 0 Å². The average molecular weight is 342 g/mol. The minimum absolute atomic E-state index is 0.230. The number of benzene rings is 1. The van der Waals surface area contributed by atoms with Gasteiger partial charge in [-0.15, -0.1) is 0 Å². The van der Waals surface area contributed by atoms with Crippen LogP contribution in [0.4, 0.5) is 0 Å². The van der Waals surface area contributed by atoms with E-state index in [4.69, 9.17) is 0 Å². The second-order valence-electron chi connectivity index (χ2n) is 6.68. The van der Waals surface area contributed by atoms with Gasteiger partial charge in [0.2, 0.25) is 0 Å². The van der Waals surface area contributed by atoms with Crippen molar-refractivity contribution in [2.45, 2.75) is 71.9 Å². The zero-order chi connectivity index (χ0) is 18.1. The van der Waals surface area contributed by atoms with Gasteiger partial charge in [0, 0.05) is 6.42 Å². The summed E-state index contributed by atoms with van der Waals surface area (Å²) in [5.74, 6) is 0.239. The fraction of sp³-hybridized carbons (Fsp3) is 0.524. The van der Waals surface area contributed by atoms with E-state index in [1.807, 2.05) is 12.1 Å². The molecule has 0 amide bonds. The molecule has 0 bridgehead atoms. The molecule has 0 N–H and O–H groups in total.